The Hall–Kier alpha value is -0.620. The minimum absolute atomic E-state index is 0.0966. The second-order valence-electron chi connectivity index (χ2n) is 5.42. The van der Waals surface area contributed by atoms with Crippen LogP contribution < -0.4 is 10.0 Å². The molecular weight excluding hydrogens is 284 g/mol. The highest BCUT2D eigenvalue weighted by Gasteiger charge is 2.22. The molecule has 1 atom stereocenters. The van der Waals surface area contributed by atoms with Crippen molar-refractivity contribution in [2.24, 2.45) is 0 Å². The Bertz CT molecular complexity index is 529. The van der Waals surface area contributed by atoms with E-state index in [9.17, 15) is 8.42 Å². The Morgan fingerprint density at radius 2 is 2.00 bits per heavy atom. The third kappa shape index (κ3) is 6.38. The fourth-order valence-electron chi connectivity index (χ4n) is 1.84. The van der Waals surface area contributed by atoms with Crippen molar-refractivity contribution in [1.29, 1.82) is 0 Å². The highest BCUT2D eigenvalue weighted by atomic mass is 35.5. The van der Waals surface area contributed by atoms with Gasteiger partial charge in [-0.05, 0) is 38.5 Å². The zero-order valence-electron chi connectivity index (χ0n) is 11.7. The summed E-state index contributed by atoms with van der Waals surface area (Å²) >= 11 is 5.95. The Morgan fingerprint density at radius 3 is 2.53 bits per heavy atom. The summed E-state index contributed by atoms with van der Waals surface area (Å²) in [5.74, 6) is 0. The maximum Gasteiger partial charge on any atom is 0.209 e. The molecule has 1 aromatic rings. The van der Waals surface area contributed by atoms with Gasteiger partial charge in [-0.2, -0.15) is 0 Å². The molecule has 0 aromatic heterocycles. The Balaban J connectivity index is 2.61. The van der Waals surface area contributed by atoms with Crippen molar-refractivity contribution in [3.63, 3.8) is 0 Å². The lowest BCUT2D eigenvalue weighted by molar-refractivity contribution is 0.399. The van der Waals surface area contributed by atoms with Crippen LogP contribution in [-0.2, 0) is 10.0 Å². The summed E-state index contributed by atoms with van der Waals surface area (Å²) in [6, 6.07) is 7.71. The number of hydrogen-bond donors (Lipinski definition) is 2. The van der Waals surface area contributed by atoms with Gasteiger partial charge in [-0.15, -0.1) is 0 Å². The van der Waals surface area contributed by atoms with Crippen LogP contribution in [0.1, 0.15) is 32.4 Å². The first-order chi connectivity index (χ1) is 8.59. The normalized spacial score (nSPS) is 14.4. The summed E-state index contributed by atoms with van der Waals surface area (Å²) in [6.07, 6.45) is 1.16. The van der Waals surface area contributed by atoms with E-state index in [1.807, 2.05) is 45.0 Å². The smallest absolute Gasteiger partial charge is 0.209 e. The molecule has 19 heavy (non-hydrogen) atoms. The fourth-order valence-corrected chi connectivity index (χ4v) is 3.11. The average Bonchev–Trinajstić information content (AvgIpc) is 2.22. The molecule has 108 valence electrons. The van der Waals surface area contributed by atoms with E-state index in [2.05, 4.69) is 10.0 Å². The van der Waals surface area contributed by atoms with Crippen LogP contribution in [-0.4, -0.2) is 26.8 Å². The SMILES string of the molecule is CC(NCC(C)(C)NS(C)(=O)=O)c1cccc(Cl)c1. The van der Waals surface area contributed by atoms with Crippen LogP contribution in [0.5, 0.6) is 0 Å². The predicted molar refractivity (Wildman–Crippen MR) is 79.9 cm³/mol. The maximum atomic E-state index is 11.2. The van der Waals surface area contributed by atoms with Crippen LogP contribution in [0.25, 0.3) is 0 Å². The number of rotatable bonds is 6. The summed E-state index contributed by atoms with van der Waals surface area (Å²) in [4.78, 5) is 0. The highest BCUT2D eigenvalue weighted by molar-refractivity contribution is 7.88. The van der Waals surface area contributed by atoms with Crippen molar-refractivity contribution >= 4 is 21.6 Å². The first-order valence-electron chi connectivity index (χ1n) is 6.07. The second kappa shape index (κ2) is 6.22. The van der Waals surface area contributed by atoms with Crippen molar-refractivity contribution in [2.45, 2.75) is 32.4 Å². The van der Waals surface area contributed by atoms with Gasteiger partial charge in [-0.25, -0.2) is 13.1 Å². The van der Waals surface area contributed by atoms with Gasteiger partial charge in [0, 0.05) is 23.1 Å². The summed E-state index contributed by atoms with van der Waals surface area (Å²) in [7, 11) is -3.21. The van der Waals surface area contributed by atoms with E-state index in [4.69, 9.17) is 11.6 Å². The zero-order chi connectivity index (χ0) is 14.7. The number of halogens is 1. The third-order valence-electron chi connectivity index (χ3n) is 2.66. The van der Waals surface area contributed by atoms with E-state index in [1.54, 1.807) is 0 Å². The first-order valence-corrected chi connectivity index (χ1v) is 8.34. The molecule has 0 bridgehead atoms. The summed E-state index contributed by atoms with van der Waals surface area (Å²) in [5, 5.41) is 4.00. The van der Waals surface area contributed by atoms with E-state index >= 15 is 0 Å². The molecule has 6 heteroatoms. The summed E-state index contributed by atoms with van der Waals surface area (Å²) in [5.41, 5.74) is 0.531. The molecule has 0 aliphatic heterocycles. The van der Waals surface area contributed by atoms with E-state index in [0.29, 0.717) is 11.6 Å². The molecule has 0 spiro atoms. The van der Waals surface area contributed by atoms with Gasteiger partial charge in [-0.3, -0.25) is 0 Å². The molecule has 0 radical (unpaired) electrons. The molecule has 4 nitrogen and oxygen atoms in total. The lowest BCUT2D eigenvalue weighted by Crippen LogP contribution is -2.50. The standard InChI is InChI=1S/C13H21ClN2O2S/c1-10(11-6-5-7-12(14)8-11)15-9-13(2,3)16-19(4,17)18/h5-8,10,15-16H,9H2,1-4H3. The zero-order valence-corrected chi connectivity index (χ0v) is 13.3. The van der Waals surface area contributed by atoms with E-state index < -0.39 is 15.6 Å². The fraction of sp³-hybridized carbons (Fsp3) is 0.538. The monoisotopic (exact) mass is 304 g/mol. The van der Waals surface area contributed by atoms with Crippen molar-refractivity contribution in [1.82, 2.24) is 10.0 Å². The van der Waals surface area contributed by atoms with Crippen molar-refractivity contribution in [2.75, 3.05) is 12.8 Å². The molecule has 0 amide bonds. The molecule has 1 rings (SSSR count). The summed E-state index contributed by atoms with van der Waals surface area (Å²) < 4.78 is 25.1. The molecule has 0 saturated carbocycles. The van der Waals surface area contributed by atoms with Crippen LogP contribution in [0.3, 0.4) is 0 Å². The molecule has 2 N–H and O–H groups in total. The molecule has 1 aromatic carbocycles. The van der Waals surface area contributed by atoms with E-state index in [1.165, 1.54) is 0 Å². The highest BCUT2D eigenvalue weighted by Crippen LogP contribution is 2.17. The second-order valence-corrected chi connectivity index (χ2v) is 7.60. The van der Waals surface area contributed by atoms with Crippen molar-refractivity contribution in [3.05, 3.63) is 34.9 Å². The minimum Gasteiger partial charge on any atom is -0.308 e. The van der Waals surface area contributed by atoms with Crippen LogP contribution >= 0.6 is 11.6 Å². The lowest BCUT2D eigenvalue weighted by atomic mass is 10.0. The van der Waals surface area contributed by atoms with E-state index in [0.717, 1.165) is 11.8 Å². The quantitative estimate of drug-likeness (QED) is 0.848. The average molecular weight is 305 g/mol. The lowest BCUT2D eigenvalue weighted by Gasteiger charge is -2.27. The van der Waals surface area contributed by atoms with Crippen LogP contribution in [0, 0.1) is 0 Å². The molecule has 0 fully saturated rings. The third-order valence-corrected chi connectivity index (χ3v) is 3.82. The summed E-state index contributed by atoms with van der Waals surface area (Å²) in [6.45, 7) is 6.22. The first kappa shape index (κ1) is 16.4. The van der Waals surface area contributed by atoms with Gasteiger partial charge in [0.05, 0.1) is 6.26 Å². The molecular formula is C13H21ClN2O2S. The Kier molecular flexibility index (Phi) is 5.38. The largest absolute Gasteiger partial charge is 0.308 e. The Labute approximate surface area is 120 Å². The molecule has 0 aliphatic carbocycles. The number of benzene rings is 1. The van der Waals surface area contributed by atoms with Crippen molar-refractivity contribution < 1.29 is 8.42 Å². The molecule has 0 aliphatic rings. The Morgan fingerprint density at radius 1 is 1.37 bits per heavy atom. The number of nitrogens with one attached hydrogen (secondary N) is 2. The van der Waals surface area contributed by atoms with E-state index in [-0.39, 0.29) is 6.04 Å². The van der Waals surface area contributed by atoms with Crippen LogP contribution in [0.4, 0.5) is 0 Å². The van der Waals surface area contributed by atoms with Crippen LogP contribution in [0.15, 0.2) is 24.3 Å². The topological polar surface area (TPSA) is 58.2 Å². The van der Waals surface area contributed by atoms with Gasteiger partial charge in [0.25, 0.3) is 0 Å². The van der Waals surface area contributed by atoms with Crippen molar-refractivity contribution in [3.8, 4) is 0 Å². The number of hydrogen-bond acceptors (Lipinski definition) is 3. The van der Waals surface area contributed by atoms with Gasteiger partial charge in [0.15, 0.2) is 0 Å². The van der Waals surface area contributed by atoms with Crippen LogP contribution in [0.2, 0.25) is 5.02 Å². The maximum absolute atomic E-state index is 11.2. The van der Waals surface area contributed by atoms with Gasteiger partial charge in [0.2, 0.25) is 10.0 Å². The molecule has 1 unspecified atom stereocenters. The molecule has 0 heterocycles. The predicted octanol–water partition coefficient (Wildman–Crippen LogP) is 2.32. The number of sulfonamides is 1. The van der Waals surface area contributed by atoms with Gasteiger partial charge < -0.3 is 5.32 Å². The molecule has 0 saturated heterocycles. The minimum atomic E-state index is -3.21. The van der Waals surface area contributed by atoms with Gasteiger partial charge in [-0.1, -0.05) is 23.7 Å². The van der Waals surface area contributed by atoms with Gasteiger partial charge in [0.1, 0.15) is 0 Å². The van der Waals surface area contributed by atoms with Gasteiger partial charge >= 0.3 is 0 Å².